The van der Waals surface area contributed by atoms with Crippen molar-refractivity contribution in [2.45, 2.75) is 45.4 Å². The van der Waals surface area contributed by atoms with Crippen molar-refractivity contribution in [1.82, 2.24) is 40.6 Å². The first kappa shape index (κ1) is 35.7. The number of aromatic nitrogens is 4. The number of rotatable bonds is 14. The summed E-state index contributed by atoms with van der Waals surface area (Å²) in [5.74, 6) is 1.40. The number of carbonyl (C=O) groups is 2. The van der Waals surface area contributed by atoms with Crippen LogP contribution in [0.25, 0.3) is 12.2 Å². The molecule has 268 valence electrons. The van der Waals surface area contributed by atoms with Gasteiger partial charge in [-0.2, -0.15) is 0 Å². The zero-order chi connectivity index (χ0) is 35.3. The lowest BCUT2D eigenvalue weighted by molar-refractivity contribution is -0.137. The van der Waals surface area contributed by atoms with Crippen molar-refractivity contribution in [3.8, 4) is 5.75 Å². The summed E-state index contributed by atoms with van der Waals surface area (Å²) < 4.78 is 11.6. The molecule has 0 bridgehead atoms. The first-order valence-electron chi connectivity index (χ1n) is 18.0. The van der Waals surface area contributed by atoms with Gasteiger partial charge in [0.1, 0.15) is 18.4 Å². The third-order valence-corrected chi connectivity index (χ3v) is 9.73. The maximum atomic E-state index is 14.2. The fourth-order valence-corrected chi connectivity index (χ4v) is 6.87. The summed E-state index contributed by atoms with van der Waals surface area (Å²) in [6, 6.07) is 25.5. The average Bonchev–Trinajstić information content (AvgIpc) is 3.71. The van der Waals surface area contributed by atoms with Crippen LogP contribution in [0.2, 0.25) is 0 Å². The number of nitrogens with zero attached hydrogens (tertiary/aromatic N) is 6. The van der Waals surface area contributed by atoms with Crippen molar-refractivity contribution in [1.29, 1.82) is 0 Å². The highest BCUT2D eigenvalue weighted by atomic mass is 16.5. The van der Waals surface area contributed by atoms with Crippen LogP contribution in [0, 0.1) is 5.92 Å². The Labute approximate surface area is 299 Å². The predicted octanol–water partition coefficient (Wildman–Crippen LogP) is 4.66. The molecule has 6 rings (SSSR count). The fourth-order valence-electron chi connectivity index (χ4n) is 6.87. The maximum Gasteiger partial charge on any atom is 0.408 e. The normalized spacial score (nSPS) is 16.6. The SMILES string of the molecule is CCOc1cccc(/C=C/c2nnn[nH]2)c1CN1CCN(C(=O)[C@H](NC(=O)OCc2ccccc2)C2CCN(CCc3ccccc3)CC2)CC1. The quantitative estimate of drug-likeness (QED) is 0.194. The molecule has 51 heavy (non-hydrogen) atoms. The van der Waals surface area contributed by atoms with Crippen molar-refractivity contribution >= 4 is 24.2 Å². The summed E-state index contributed by atoms with van der Waals surface area (Å²) in [7, 11) is 0. The Bertz CT molecular complexity index is 1690. The van der Waals surface area contributed by atoms with E-state index in [0.717, 1.165) is 61.3 Å². The molecule has 12 heteroatoms. The molecule has 0 aliphatic carbocycles. The summed E-state index contributed by atoms with van der Waals surface area (Å²) in [5, 5.41) is 17.0. The van der Waals surface area contributed by atoms with Gasteiger partial charge < -0.3 is 24.6 Å². The van der Waals surface area contributed by atoms with E-state index in [2.05, 4.69) is 66.1 Å². The van der Waals surface area contributed by atoms with Crippen LogP contribution in [-0.2, 0) is 29.1 Å². The largest absolute Gasteiger partial charge is 0.494 e. The van der Waals surface area contributed by atoms with Gasteiger partial charge in [-0.05, 0) is 84.5 Å². The number of carbonyl (C=O) groups excluding carboxylic acids is 2. The lowest BCUT2D eigenvalue weighted by Gasteiger charge is -2.40. The van der Waals surface area contributed by atoms with Crippen LogP contribution < -0.4 is 10.1 Å². The second kappa shape index (κ2) is 18.2. The molecule has 2 N–H and O–H groups in total. The molecule has 3 heterocycles. The highest BCUT2D eigenvalue weighted by Gasteiger charge is 2.36. The Morgan fingerprint density at radius 1 is 0.882 bits per heavy atom. The third-order valence-electron chi connectivity index (χ3n) is 9.73. The van der Waals surface area contributed by atoms with Crippen LogP contribution in [0.3, 0.4) is 0 Å². The van der Waals surface area contributed by atoms with Crippen LogP contribution >= 0.6 is 0 Å². The molecule has 3 aromatic carbocycles. The number of tetrazole rings is 1. The average molecular weight is 693 g/mol. The zero-order valence-electron chi connectivity index (χ0n) is 29.3. The van der Waals surface area contributed by atoms with Gasteiger partial charge in [-0.15, -0.1) is 5.10 Å². The molecular formula is C39H48N8O4. The van der Waals surface area contributed by atoms with E-state index in [9.17, 15) is 9.59 Å². The molecule has 0 saturated carbocycles. The number of alkyl carbamates (subject to hydrolysis) is 1. The van der Waals surface area contributed by atoms with E-state index in [1.807, 2.05) is 72.5 Å². The van der Waals surface area contributed by atoms with Crippen molar-refractivity contribution in [3.05, 3.63) is 107 Å². The van der Waals surface area contributed by atoms with E-state index in [0.29, 0.717) is 45.2 Å². The van der Waals surface area contributed by atoms with Crippen LogP contribution in [0.4, 0.5) is 4.79 Å². The number of ether oxygens (including phenoxy) is 2. The number of piperazine rings is 1. The summed E-state index contributed by atoms with van der Waals surface area (Å²) in [6.07, 6.45) is 5.93. The number of hydrogen-bond acceptors (Lipinski definition) is 9. The van der Waals surface area contributed by atoms with Gasteiger partial charge in [0.05, 0.1) is 6.61 Å². The molecule has 2 aliphatic heterocycles. The van der Waals surface area contributed by atoms with Gasteiger partial charge in [0.15, 0.2) is 5.82 Å². The van der Waals surface area contributed by atoms with E-state index >= 15 is 0 Å². The van der Waals surface area contributed by atoms with E-state index in [1.165, 1.54) is 5.56 Å². The van der Waals surface area contributed by atoms with E-state index in [1.54, 1.807) is 0 Å². The highest BCUT2D eigenvalue weighted by Crippen LogP contribution is 2.27. The first-order valence-corrected chi connectivity index (χ1v) is 18.0. The van der Waals surface area contributed by atoms with Gasteiger partial charge >= 0.3 is 6.09 Å². The fraction of sp³-hybridized carbons (Fsp3) is 0.410. The highest BCUT2D eigenvalue weighted by molar-refractivity contribution is 5.86. The summed E-state index contributed by atoms with van der Waals surface area (Å²) in [6.45, 7) is 8.64. The second-order valence-corrected chi connectivity index (χ2v) is 13.1. The Hall–Kier alpha value is -5.07. The first-order chi connectivity index (χ1) is 25.1. The number of hydrogen-bond donors (Lipinski definition) is 2. The van der Waals surface area contributed by atoms with Gasteiger partial charge in [-0.3, -0.25) is 9.69 Å². The molecular weight excluding hydrogens is 644 g/mol. The number of likely N-dealkylation sites (tertiary alicyclic amines) is 1. The molecule has 12 nitrogen and oxygen atoms in total. The number of piperidine rings is 1. The molecule has 0 unspecified atom stereocenters. The van der Waals surface area contributed by atoms with Gasteiger partial charge in [0.2, 0.25) is 5.91 Å². The lowest BCUT2D eigenvalue weighted by Crippen LogP contribution is -2.58. The molecule has 0 spiro atoms. The number of H-pyrrole nitrogens is 1. The molecule has 2 saturated heterocycles. The topological polar surface area (TPSA) is 129 Å². The van der Waals surface area contributed by atoms with E-state index < -0.39 is 12.1 Å². The number of nitrogens with one attached hydrogen (secondary N) is 2. The predicted molar refractivity (Wildman–Crippen MR) is 195 cm³/mol. The number of aromatic amines is 1. The molecule has 2 fully saturated rings. The monoisotopic (exact) mass is 692 g/mol. The third kappa shape index (κ3) is 10.2. The molecule has 1 aromatic heterocycles. The minimum Gasteiger partial charge on any atom is -0.494 e. The van der Waals surface area contributed by atoms with Crippen LogP contribution in [-0.4, -0.2) is 106 Å². The van der Waals surface area contributed by atoms with E-state index in [4.69, 9.17) is 9.47 Å². The smallest absolute Gasteiger partial charge is 0.408 e. The van der Waals surface area contributed by atoms with Gasteiger partial charge in [0.25, 0.3) is 0 Å². The molecule has 1 atom stereocenters. The Kier molecular flexibility index (Phi) is 12.8. The summed E-state index contributed by atoms with van der Waals surface area (Å²) >= 11 is 0. The zero-order valence-corrected chi connectivity index (χ0v) is 29.3. The van der Waals surface area contributed by atoms with Crippen molar-refractivity contribution in [3.63, 3.8) is 0 Å². The Balaban J connectivity index is 1.08. The van der Waals surface area contributed by atoms with Gasteiger partial charge in [0, 0.05) is 44.8 Å². The van der Waals surface area contributed by atoms with Gasteiger partial charge in [-0.1, -0.05) is 78.9 Å². The lowest BCUT2D eigenvalue weighted by atomic mass is 9.88. The van der Waals surface area contributed by atoms with Crippen LogP contribution in [0.15, 0.2) is 78.9 Å². The number of benzene rings is 3. The second-order valence-electron chi connectivity index (χ2n) is 13.1. The van der Waals surface area contributed by atoms with Crippen molar-refractivity contribution < 1.29 is 19.1 Å². The summed E-state index contributed by atoms with van der Waals surface area (Å²) in [5.41, 5.74) is 4.32. The molecule has 2 aliphatic rings. The standard InChI is InChI=1S/C39H48N8O4/c1-2-50-35-15-9-14-32(16-17-36-41-43-44-42-36)34(35)28-46-24-26-47(27-25-46)38(48)37(40-39(49)51-29-31-12-7-4-8-13-31)33-19-22-45(23-20-33)21-18-30-10-5-3-6-11-30/h3-17,33,37H,2,18-29H2,1H3,(H,40,49)(H,41,42,43,44)/b17-16+/t37-/m1/s1. The minimum atomic E-state index is -0.642. The molecule has 0 radical (unpaired) electrons. The van der Waals surface area contributed by atoms with Gasteiger partial charge in [-0.25, -0.2) is 9.89 Å². The van der Waals surface area contributed by atoms with Crippen LogP contribution in [0.5, 0.6) is 5.75 Å². The Morgan fingerprint density at radius 2 is 1.61 bits per heavy atom. The van der Waals surface area contributed by atoms with E-state index in [-0.39, 0.29) is 18.4 Å². The maximum absolute atomic E-state index is 14.2. The van der Waals surface area contributed by atoms with Crippen molar-refractivity contribution in [2.75, 3.05) is 52.4 Å². The van der Waals surface area contributed by atoms with Crippen LogP contribution in [0.1, 0.15) is 47.8 Å². The molecule has 4 aromatic rings. The van der Waals surface area contributed by atoms with Crippen molar-refractivity contribution in [2.24, 2.45) is 5.92 Å². The number of amides is 2. The summed E-state index contributed by atoms with van der Waals surface area (Å²) in [4.78, 5) is 34.1. The minimum absolute atomic E-state index is 0.0276. The Morgan fingerprint density at radius 3 is 2.29 bits per heavy atom. The molecule has 2 amide bonds.